The molecule has 0 unspecified atom stereocenters. The van der Waals surface area contributed by atoms with Crippen molar-refractivity contribution in [1.82, 2.24) is 0 Å². The average Bonchev–Trinajstić information content (AvgIpc) is 2.65. The maximum Gasteiger partial charge on any atom is 0.418 e. The highest BCUT2D eigenvalue weighted by Crippen LogP contribution is 2.50. The van der Waals surface area contributed by atoms with Gasteiger partial charge in [-0.25, -0.2) is 9.69 Å². The van der Waals surface area contributed by atoms with Crippen LogP contribution in [-0.4, -0.2) is 17.1 Å². The highest BCUT2D eigenvalue weighted by Gasteiger charge is 2.52. The van der Waals surface area contributed by atoms with Crippen LogP contribution in [0.1, 0.15) is 58.6 Å². The van der Waals surface area contributed by atoms with Crippen LogP contribution in [0.3, 0.4) is 0 Å². The van der Waals surface area contributed by atoms with Crippen molar-refractivity contribution in [3.63, 3.8) is 0 Å². The number of rotatable bonds is 2. The number of imide groups is 1. The fourth-order valence-electron chi connectivity index (χ4n) is 3.38. The summed E-state index contributed by atoms with van der Waals surface area (Å²) in [6.07, 6.45) is 0.00869. The van der Waals surface area contributed by atoms with Crippen LogP contribution < -0.4 is 4.90 Å². The molecule has 1 N–H and O–H groups in total. The van der Waals surface area contributed by atoms with Crippen molar-refractivity contribution < 1.29 is 14.7 Å². The van der Waals surface area contributed by atoms with E-state index in [1.807, 2.05) is 26.0 Å². The summed E-state index contributed by atoms with van der Waals surface area (Å²) in [4.78, 5) is 25.3. The molecule has 0 saturated heterocycles. The molecule has 1 aromatic carbocycles. The van der Waals surface area contributed by atoms with Crippen molar-refractivity contribution in [3.05, 3.63) is 29.3 Å². The summed E-state index contributed by atoms with van der Waals surface area (Å²) >= 11 is 0. The molecule has 0 spiro atoms. The fourth-order valence-corrected chi connectivity index (χ4v) is 3.38. The van der Waals surface area contributed by atoms with Gasteiger partial charge in [-0.3, -0.25) is 4.79 Å². The third-order valence-electron chi connectivity index (χ3n) is 4.58. The summed E-state index contributed by atoms with van der Waals surface area (Å²) in [6.45, 7) is 10.2. The third-order valence-corrected chi connectivity index (χ3v) is 4.58. The molecule has 4 nitrogen and oxygen atoms in total. The Kier molecular flexibility index (Phi) is 3.60. The van der Waals surface area contributed by atoms with Gasteiger partial charge in [0.2, 0.25) is 5.91 Å². The lowest BCUT2D eigenvalue weighted by atomic mass is 9.70. The maximum atomic E-state index is 12.8. The monoisotopic (exact) mass is 289 g/mol. The number of fused-ring (bicyclic) bond motifs is 1. The summed E-state index contributed by atoms with van der Waals surface area (Å²) < 4.78 is 0. The molecule has 4 heteroatoms. The number of benzene rings is 1. The Hall–Kier alpha value is -1.84. The summed E-state index contributed by atoms with van der Waals surface area (Å²) in [7, 11) is 0. The van der Waals surface area contributed by atoms with Crippen molar-refractivity contribution in [2.24, 2.45) is 0 Å². The Morgan fingerprint density at radius 1 is 1.24 bits per heavy atom. The SMILES string of the molecule is CCC1(CC)C(=O)N(C(=O)O)c2cccc(C(C)(C)C)c21. The van der Waals surface area contributed by atoms with Gasteiger partial charge in [-0.15, -0.1) is 0 Å². The predicted molar refractivity (Wildman–Crippen MR) is 82.9 cm³/mol. The Morgan fingerprint density at radius 2 is 1.81 bits per heavy atom. The van der Waals surface area contributed by atoms with Crippen LogP contribution in [0.15, 0.2) is 18.2 Å². The molecule has 0 saturated carbocycles. The summed E-state index contributed by atoms with van der Waals surface area (Å²) in [6, 6.07) is 5.59. The summed E-state index contributed by atoms with van der Waals surface area (Å²) in [5, 5.41) is 9.45. The zero-order valence-corrected chi connectivity index (χ0v) is 13.4. The van der Waals surface area contributed by atoms with Gasteiger partial charge in [0.15, 0.2) is 0 Å². The van der Waals surface area contributed by atoms with E-state index in [2.05, 4.69) is 20.8 Å². The number of amides is 2. The van der Waals surface area contributed by atoms with E-state index in [-0.39, 0.29) is 11.3 Å². The van der Waals surface area contributed by atoms with E-state index < -0.39 is 11.5 Å². The van der Waals surface area contributed by atoms with E-state index in [0.29, 0.717) is 18.5 Å². The van der Waals surface area contributed by atoms with Gasteiger partial charge in [0, 0.05) is 0 Å². The smallest absolute Gasteiger partial charge is 0.418 e. The number of hydrogen-bond donors (Lipinski definition) is 1. The molecule has 1 aliphatic rings. The summed E-state index contributed by atoms with van der Waals surface area (Å²) in [5.74, 6) is -0.313. The molecule has 2 amide bonds. The lowest BCUT2D eigenvalue weighted by Crippen LogP contribution is -2.42. The molecule has 0 radical (unpaired) electrons. The molecular formula is C17H23NO3. The molecule has 0 bridgehead atoms. The highest BCUT2D eigenvalue weighted by molar-refractivity contribution is 6.21. The van der Waals surface area contributed by atoms with Gasteiger partial charge in [0.1, 0.15) is 0 Å². The molecule has 0 aliphatic carbocycles. The second kappa shape index (κ2) is 4.86. The van der Waals surface area contributed by atoms with Crippen LogP contribution in [0.5, 0.6) is 0 Å². The number of carbonyl (C=O) groups excluding carboxylic acids is 1. The molecule has 0 atom stereocenters. The van der Waals surface area contributed by atoms with Crippen LogP contribution in [0.4, 0.5) is 10.5 Å². The minimum atomic E-state index is -1.20. The lowest BCUT2D eigenvalue weighted by Gasteiger charge is -2.31. The number of anilines is 1. The van der Waals surface area contributed by atoms with Crippen LogP contribution in [0, 0.1) is 0 Å². The van der Waals surface area contributed by atoms with E-state index >= 15 is 0 Å². The zero-order chi connectivity index (χ0) is 16.0. The van der Waals surface area contributed by atoms with Gasteiger partial charge < -0.3 is 5.11 Å². The van der Waals surface area contributed by atoms with E-state index in [1.54, 1.807) is 6.07 Å². The Bertz CT molecular complexity index is 595. The van der Waals surface area contributed by atoms with Crippen LogP contribution >= 0.6 is 0 Å². The quantitative estimate of drug-likeness (QED) is 0.893. The van der Waals surface area contributed by atoms with Crippen molar-refractivity contribution in [2.75, 3.05) is 4.90 Å². The first-order valence-corrected chi connectivity index (χ1v) is 7.42. The number of carbonyl (C=O) groups is 2. The van der Waals surface area contributed by atoms with Crippen molar-refractivity contribution in [3.8, 4) is 0 Å². The highest BCUT2D eigenvalue weighted by atomic mass is 16.4. The molecule has 114 valence electrons. The molecule has 2 rings (SSSR count). The molecule has 1 aromatic rings. The normalized spacial score (nSPS) is 17.0. The van der Waals surface area contributed by atoms with Gasteiger partial charge in [0.25, 0.3) is 0 Å². The molecule has 1 aliphatic heterocycles. The topological polar surface area (TPSA) is 57.6 Å². The third kappa shape index (κ3) is 2.04. The number of carboxylic acid groups (broad SMARTS) is 1. The van der Waals surface area contributed by atoms with Gasteiger partial charge in [0.05, 0.1) is 11.1 Å². The minimum Gasteiger partial charge on any atom is -0.464 e. The zero-order valence-electron chi connectivity index (χ0n) is 13.4. The first-order valence-electron chi connectivity index (χ1n) is 7.42. The van der Waals surface area contributed by atoms with Crippen molar-refractivity contribution >= 4 is 17.7 Å². The van der Waals surface area contributed by atoms with Gasteiger partial charge in [-0.2, -0.15) is 0 Å². The molecule has 0 aromatic heterocycles. The standard InChI is InChI=1S/C17H23NO3/c1-6-17(7-2)13-11(16(3,4)5)9-8-10-12(13)18(14(17)19)15(20)21/h8-10H,6-7H2,1-5H3,(H,20,21). The second-order valence-corrected chi connectivity index (χ2v) is 6.66. The Labute approximate surface area is 125 Å². The molecular weight excluding hydrogens is 266 g/mol. The maximum absolute atomic E-state index is 12.8. The molecule has 0 fully saturated rings. The Balaban J connectivity index is 2.85. The fraction of sp³-hybridized carbons (Fsp3) is 0.529. The lowest BCUT2D eigenvalue weighted by molar-refractivity contribution is -0.123. The van der Waals surface area contributed by atoms with Crippen molar-refractivity contribution in [1.29, 1.82) is 0 Å². The predicted octanol–water partition coefficient (Wildman–Crippen LogP) is 4.07. The average molecular weight is 289 g/mol. The molecule has 1 heterocycles. The van der Waals surface area contributed by atoms with E-state index in [0.717, 1.165) is 16.0 Å². The number of hydrogen-bond acceptors (Lipinski definition) is 2. The second-order valence-electron chi connectivity index (χ2n) is 6.66. The van der Waals surface area contributed by atoms with Crippen LogP contribution in [0.25, 0.3) is 0 Å². The van der Waals surface area contributed by atoms with E-state index in [1.165, 1.54) is 0 Å². The first-order chi connectivity index (χ1) is 9.70. The van der Waals surface area contributed by atoms with Crippen molar-refractivity contribution in [2.45, 2.75) is 58.3 Å². The van der Waals surface area contributed by atoms with Gasteiger partial charge >= 0.3 is 6.09 Å². The number of nitrogens with zero attached hydrogens (tertiary/aromatic N) is 1. The van der Waals surface area contributed by atoms with Gasteiger partial charge in [-0.05, 0) is 35.4 Å². The first kappa shape index (κ1) is 15.5. The largest absolute Gasteiger partial charge is 0.464 e. The molecule has 21 heavy (non-hydrogen) atoms. The van der Waals surface area contributed by atoms with Crippen LogP contribution in [-0.2, 0) is 15.6 Å². The van der Waals surface area contributed by atoms with E-state index in [4.69, 9.17) is 0 Å². The Morgan fingerprint density at radius 3 is 2.24 bits per heavy atom. The minimum absolute atomic E-state index is 0.143. The van der Waals surface area contributed by atoms with Crippen LogP contribution in [0.2, 0.25) is 0 Å². The summed E-state index contributed by atoms with van der Waals surface area (Å²) in [5.41, 5.74) is 1.62. The van der Waals surface area contributed by atoms with Gasteiger partial charge in [-0.1, -0.05) is 46.8 Å². The van der Waals surface area contributed by atoms with E-state index in [9.17, 15) is 14.7 Å².